The Hall–Kier alpha value is -2.50. The molecule has 0 bridgehead atoms. The molecule has 0 spiro atoms. The number of benzene rings is 1. The van der Waals surface area contributed by atoms with E-state index < -0.39 is 28.7 Å². The van der Waals surface area contributed by atoms with Gasteiger partial charge in [0.15, 0.2) is 11.6 Å². The van der Waals surface area contributed by atoms with Crippen molar-refractivity contribution in [2.75, 3.05) is 0 Å². The molecule has 19 heavy (non-hydrogen) atoms. The van der Waals surface area contributed by atoms with Crippen molar-refractivity contribution in [3.8, 4) is 11.3 Å². The van der Waals surface area contributed by atoms with E-state index in [0.29, 0.717) is 5.56 Å². The summed E-state index contributed by atoms with van der Waals surface area (Å²) in [5.41, 5.74) is -0.219. The summed E-state index contributed by atoms with van der Waals surface area (Å²) in [6.07, 6.45) is 0. The maximum atomic E-state index is 13.1. The molecule has 1 heterocycles. The van der Waals surface area contributed by atoms with Crippen LogP contribution in [0.25, 0.3) is 11.3 Å². The van der Waals surface area contributed by atoms with Gasteiger partial charge in [-0.3, -0.25) is 4.79 Å². The summed E-state index contributed by atoms with van der Waals surface area (Å²) >= 11 is 0. The summed E-state index contributed by atoms with van der Waals surface area (Å²) in [5, 5.41) is 8.80. The van der Waals surface area contributed by atoms with E-state index in [1.807, 2.05) is 0 Å². The van der Waals surface area contributed by atoms with Gasteiger partial charge in [0.05, 0.1) is 5.69 Å². The first-order valence-corrected chi connectivity index (χ1v) is 5.33. The van der Waals surface area contributed by atoms with Crippen molar-refractivity contribution in [3.63, 3.8) is 0 Å². The van der Waals surface area contributed by atoms with Crippen LogP contribution in [0.4, 0.5) is 8.78 Å². The number of aromatic amines is 1. The van der Waals surface area contributed by atoms with E-state index in [2.05, 4.69) is 4.98 Å². The highest BCUT2D eigenvalue weighted by atomic mass is 19.2. The average molecular weight is 265 g/mol. The van der Waals surface area contributed by atoms with Gasteiger partial charge in [0.1, 0.15) is 5.56 Å². The first-order chi connectivity index (χ1) is 8.90. The number of halogens is 2. The molecule has 0 unspecified atom stereocenters. The molecule has 0 fully saturated rings. The first-order valence-electron chi connectivity index (χ1n) is 5.33. The molecule has 2 N–H and O–H groups in total. The van der Waals surface area contributed by atoms with E-state index in [1.165, 1.54) is 12.1 Å². The van der Waals surface area contributed by atoms with Crippen LogP contribution >= 0.6 is 0 Å². The Kier molecular flexibility index (Phi) is 3.16. The number of nitrogens with one attached hydrogen (secondary N) is 1. The fourth-order valence-electron chi connectivity index (χ4n) is 1.74. The molecule has 1 aromatic heterocycles. The lowest BCUT2D eigenvalue weighted by atomic mass is 10.0. The molecule has 1 aromatic carbocycles. The first kappa shape index (κ1) is 12.9. The minimum absolute atomic E-state index is 0.258. The van der Waals surface area contributed by atoms with Crippen molar-refractivity contribution in [3.05, 3.63) is 57.4 Å². The van der Waals surface area contributed by atoms with Gasteiger partial charge in [0.2, 0.25) is 0 Å². The summed E-state index contributed by atoms with van der Waals surface area (Å²) in [6.45, 7) is 1.57. The van der Waals surface area contributed by atoms with Crippen LogP contribution in [0, 0.1) is 18.6 Å². The Labute approximate surface area is 106 Å². The van der Waals surface area contributed by atoms with Gasteiger partial charge in [-0.2, -0.15) is 0 Å². The molecule has 0 amide bonds. The second-order valence-corrected chi connectivity index (χ2v) is 4.00. The van der Waals surface area contributed by atoms with E-state index in [0.717, 1.165) is 12.1 Å². The van der Waals surface area contributed by atoms with Crippen LogP contribution in [0.5, 0.6) is 0 Å². The Morgan fingerprint density at radius 1 is 1.21 bits per heavy atom. The van der Waals surface area contributed by atoms with Crippen LogP contribution in [-0.4, -0.2) is 16.1 Å². The van der Waals surface area contributed by atoms with Gasteiger partial charge < -0.3 is 10.1 Å². The number of aromatic nitrogens is 1. The monoisotopic (exact) mass is 265 g/mol. The van der Waals surface area contributed by atoms with Gasteiger partial charge in [-0.15, -0.1) is 0 Å². The van der Waals surface area contributed by atoms with Crippen molar-refractivity contribution in [2.45, 2.75) is 6.92 Å². The zero-order chi connectivity index (χ0) is 14.2. The predicted molar refractivity (Wildman–Crippen MR) is 64.1 cm³/mol. The highest BCUT2D eigenvalue weighted by molar-refractivity contribution is 5.88. The summed E-state index contributed by atoms with van der Waals surface area (Å²) in [6, 6.07) is 4.37. The van der Waals surface area contributed by atoms with Gasteiger partial charge >= 0.3 is 5.97 Å². The second-order valence-electron chi connectivity index (χ2n) is 4.00. The number of hydrogen-bond acceptors (Lipinski definition) is 2. The minimum Gasteiger partial charge on any atom is -0.477 e. The zero-order valence-electron chi connectivity index (χ0n) is 9.83. The Bertz CT molecular complexity index is 722. The molecule has 0 aliphatic rings. The Morgan fingerprint density at radius 2 is 1.89 bits per heavy atom. The number of carbonyl (C=O) groups is 1. The SMILES string of the molecule is Cc1cc(C(=O)O)c(=O)[nH]c1-c1ccc(F)c(F)c1. The number of rotatable bonds is 2. The van der Waals surface area contributed by atoms with Crippen LogP contribution in [0.15, 0.2) is 29.1 Å². The number of H-pyrrole nitrogens is 1. The van der Waals surface area contributed by atoms with Crippen LogP contribution in [0.1, 0.15) is 15.9 Å². The molecule has 0 saturated carbocycles. The molecule has 2 aromatic rings. The summed E-state index contributed by atoms with van der Waals surface area (Å²) in [7, 11) is 0. The molecule has 0 saturated heterocycles. The predicted octanol–water partition coefficient (Wildman–Crippen LogP) is 2.33. The maximum absolute atomic E-state index is 13.1. The molecule has 6 heteroatoms. The number of carboxylic acid groups (broad SMARTS) is 1. The maximum Gasteiger partial charge on any atom is 0.341 e. The lowest BCUT2D eigenvalue weighted by molar-refractivity contribution is 0.0695. The van der Waals surface area contributed by atoms with Crippen molar-refractivity contribution in [1.29, 1.82) is 0 Å². The summed E-state index contributed by atoms with van der Waals surface area (Å²) in [5.74, 6) is -3.38. The third-order valence-corrected chi connectivity index (χ3v) is 2.68. The average Bonchev–Trinajstić information content (AvgIpc) is 2.35. The van der Waals surface area contributed by atoms with E-state index in [9.17, 15) is 18.4 Å². The number of pyridine rings is 1. The highest BCUT2D eigenvalue weighted by Crippen LogP contribution is 2.22. The Balaban J connectivity index is 2.63. The van der Waals surface area contributed by atoms with E-state index >= 15 is 0 Å². The number of aryl methyl sites for hydroxylation is 1. The van der Waals surface area contributed by atoms with Gasteiger partial charge in [0, 0.05) is 5.56 Å². The van der Waals surface area contributed by atoms with Gasteiger partial charge in [0.25, 0.3) is 5.56 Å². The molecule has 2 rings (SSSR count). The van der Waals surface area contributed by atoms with Crippen LogP contribution in [0.2, 0.25) is 0 Å². The lowest BCUT2D eigenvalue weighted by Gasteiger charge is -2.07. The fourth-order valence-corrected chi connectivity index (χ4v) is 1.74. The molecule has 4 nitrogen and oxygen atoms in total. The fraction of sp³-hybridized carbons (Fsp3) is 0.0769. The van der Waals surface area contributed by atoms with E-state index in [-0.39, 0.29) is 11.3 Å². The summed E-state index contributed by atoms with van der Waals surface area (Å²) in [4.78, 5) is 24.7. The molecular formula is C13H9F2NO3. The Morgan fingerprint density at radius 3 is 2.47 bits per heavy atom. The third kappa shape index (κ3) is 2.37. The van der Waals surface area contributed by atoms with Crippen molar-refractivity contribution in [2.24, 2.45) is 0 Å². The normalized spacial score (nSPS) is 10.5. The molecule has 0 aliphatic carbocycles. The van der Waals surface area contributed by atoms with Gasteiger partial charge in [-0.1, -0.05) is 0 Å². The smallest absolute Gasteiger partial charge is 0.341 e. The minimum atomic E-state index is -1.35. The third-order valence-electron chi connectivity index (χ3n) is 2.68. The quantitative estimate of drug-likeness (QED) is 0.875. The molecular weight excluding hydrogens is 256 g/mol. The van der Waals surface area contributed by atoms with E-state index in [1.54, 1.807) is 6.92 Å². The molecule has 0 aliphatic heterocycles. The molecule has 98 valence electrons. The topological polar surface area (TPSA) is 70.2 Å². The van der Waals surface area contributed by atoms with Crippen molar-refractivity contribution in [1.82, 2.24) is 4.98 Å². The van der Waals surface area contributed by atoms with Gasteiger partial charge in [-0.05, 0) is 36.8 Å². The number of aromatic carboxylic acids is 1. The number of hydrogen-bond donors (Lipinski definition) is 2. The standard InChI is InChI=1S/C13H9F2NO3/c1-6-4-8(13(18)19)12(17)16-11(6)7-2-3-9(14)10(15)5-7/h2-5H,1H3,(H,16,17)(H,18,19). The zero-order valence-corrected chi connectivity index (χ0v) is 9.83. The largest absolute Gasteiger partial charge is 0.477 e. The van der Waals surface area contributed by atoms with Crippen LogP contribution < -0.4 is 5.56 Å². The van der Waals surface area contributed by atoms with Crippen molar-refractivity contribution < 1.29 is 18.7 Å². The van der Waals surface area contributed by atoms with Gasteiger partial charge in [-0.25, -0.2) is 13.6 Å². The summed E-state index contributed by atoms with van der Waals surface area (Å²) < 4.78 is 26.0. The number of carboxylic acids is 1. The highest BCUT2D eigenvalue weighted by Gasteiger charge is 2.13. The van der Waals surface area contributed by atoms with E-state index in [4.69, 9.17) is 5.11 Å². The molecule has 0 radical (unpaired) electrons. The lowest BCUT2D eigenvalue weighted by Crippen LogP contribution is -2.18. The van der Waals surface area contributed by atoms with Crippen LogP contribution in [-0.2, 0) is 0 Å². The second kappa shape index (κ2) is 4.64. The van der Waals surface area contributed by atoms with Crippen LogP contribution in [0.3, 0.4) is 0 Å². The van der Waals surface area contributed by atoms with Crippen molar-refractivity contribution >= 4 is 5.97 Å². The molecule has 0 atom stereocenters.